The summed E-state index contributed by atoms with van der Waals surface area (Å²) in [6, 6.07) is 0. The van der Waals surface area contributed by atoms with Crippen LogP contribution in [0.2, 0.25) is 0 Å². The highest BCUT2D eigenvalue weighted by Crippen LogP contribution is 2.20. The topological polar surface area (TPSA) is 21.1 Å². The van der Waals surface area contributed by atoms with Gasteiger partial charge < -0.3 is 9.47 Å². The summed E-state index contributed by atoms with van der Waals surface area (Å²) in [5, 5.41) is 0. The van der Waals surface area contributed by atoms with E-state index in [1.165, 1.54) is 6.20 Å². The molecule has 0 amide bonds. The summed E-state index contributed by atoms with van der Waals surface area (Å²) in [6.45, 7) is 1.51. The molecule has 0 bridgehead atoms. The second kappa shape index (κ2) is 5.43. The lowest BCUT2D eigenvalue weighted by atomic mass is 10.5. The van der Waals surface area contributed by atoms with Crippen molar-refractivity contribution in [3.63, 3.8) is 0 Å². The van der Waals surface area contributed by atoms with Crippen LogP contribution in [0.3, 0.4) is 0 Å². The van der Waals surface area contributed by atoms with Crippen LogP contribution in [-0.2, 0) is 6.54 Å². The number of alkyl halides is 4. The summed E-state index contributed by atoms with van der Waals surface area (Å²) in [5.74, 6) is 0.438. The molecule has 0 unspecified atom stereocenters. The maximum absolute atomic E-state index is 12.3. The van der Waals surface area contributed by atoms with Crippen LogP contribution in [0.5, 0.6) is 0 Å². The first-order valence-corrected chi connectivity index (χ1v) is 5.40. The molecule has 1 heterocycles. The molecule has 0 N–H and O–H groups in total. The quantitative estimate of drug-likeness (QED) is 0.754. The number of hydrogen-bond acceptors (Lipinski definition) is 2. The molecule has 0 atom stereocenters. The predicted octanol–water partition coefficient (Wildman–Crippen LogP) is 2.51. The Morgan fingerprint density at radius 2 is 2.19 bits per heavy atom. The summed E-state index contributed by atoms with van der Waals surface area (Å²) in [7, 11) is 0. The third-order valence-corrected chi connectivity index (χ3v) is 2.21. The number of imidazole rings is 1. The van der Waals surface area contributed by atoms with Crippen molar-refractivity contribution in [3.8, 4) is 0 Å². The Hall–Kier alpha value is -0.910. The van der Waals surface area contributed by atoms with Crippen molar-refractivity contribution in [2.24, 2.45) is 0 Å². The van der Waals surface area contributed by atoms with Crippen molar-refractivity contribution in [1.82, 2.24) is 9.55 Å². The first-order valence-electron chi connectivity index (χ1n) is 4.86. The van der Waals surface area contributed by atoms with E-state index in [0.29, 0.717) is 12.5 Å². The Balaban J connectivity index is 2.84. The Morgan fingerprint density at radius 1 is 1.50 bits per heavy atom. The van der Waals surface area contributed by atoms with Crippen molar-refractivity contribution in [1.29, 1.82) is 0 Å². The van der Waals surface area contributed by atoms with Gasteiger partial charge >= 0.3 is 6.18 Å². The summed E-state index contributed by atoms with van der Waals surface area (Å²) in [5.41, 5.74) is 0. The average molecular weight is 256 g/mol. The molecule has 0 aromatic carbocycles. The molecule has 0 spiro atoms. The third kappa shape index (κ3) is 3.59. The molecular formula is C9H13ClF3N3. The fraction of sp³-hybridized carbons (Fsp3) is 0.667. The van der Waals surface area contributed by atoms with E-state index >= 15 is 0 Å². The molecule has 0 saturated carbocycles. The van der Waals surface area contributed by atoms with Crippen LogP contribution in [0.25, 0.3) is 0 Å². The van der Waals surface area contributed by atoms with Crippen molar-refractivity contribution >= 4 is 17.5 Å². The molecule has 0 aliphatic carbocycles. The van der Waals surface area contributed by atoms with Crippen LogP contribution in [-0.4, -0.2) is 34.7 Å². The second-order valence-corrected chi connectivity index (χ2v) is 3.62. The Kier molecular flexibility index (Phi) is 4.46. The molecule has 7 heteroatoms. The standard InChI is InChI=1S/C9H13ClF3N3/c1-2-15-6-4-14-8(15)16(5-3-10)7-9(11,12)13/h4,6H,2-3,5,7H2,1H3. The molecule has 0 radical (unpaired) electrons. The monoisotopic (exact) mass is 255 g/mol. The molecule has 92 valence electrons. The van der Waals surface area contributed by atoms with Gasteiger partial charge in [0.1, 0.15) is 6.54 Å². The first-order chi connectivity index (χ1) is 7.48. The van der Waals surface area contributed by atoms with Gasteiger partial charge in [-0.1, -0.05) is 0 Å². The maximum atomic E-state index is 12.3. The van der Waals surface area contributed by atoms with Gasteiger partial charge in [0.2, 0.25) is 5.95 Å². The smallest absolute Gasteiger partial charge is 0.332 e. The van der Waals surface area contributed by atoms with E-state index in [4.69, 9.17) is 11.6 Å². The SMILES string of the molecule is CCn1ccnc1N(CCCl)CC(F)(F)F. The second-order valence-electron chi connectivity index (χ2n) is 3.24. The minimum atomic E-state index is -4.25. The molecule has 0 fully saturated rings. The van der Waals surface area contributed by atoms with Crippen LogP contribution >= 0.6 is 11.6 Å². The van der Waals surface area contributed by atoms with E-state index in [9.17, 15) is 13.2 Å². The van der Waals surface area contributed by atoms with Gasteiger partial charge in [0.05, 0.1) is 0 Å². The average Bonchev–Trinajstić information content (AvgIpc) is 2.62. The van der Waals surface area contributed by atoms with E-state index in [0.717, 1.165) is 4.90 Å². The molecule has 3 nitrogen and oxygen atoms in total. The molecule has 1 aromatic heterocycles. The molecule has 0 saturated heterocycles. The van der Waals surface area contributed by atoms with Crippen LogP contribution in [0.1, 0.15) is 6.92 Å². The lowest BCUT2D eigenvalue weighted by Crippen LogP contribution is -2.37. The van der Waals surface area contributed by atoms with Crippen LogP contribution in [0.4, 0.5) is 19.1 Å². The summed E-state index contributed by atoms with van der Waals surface area (Å²) < 4.78 is 38.7. The lowest BCUT2D eigenvalue weighted by Gasteiger charge is -2.24. The Labute approximate surface area is 96.8 Å². The minimum Gasteiger partial charge on any atom is -0.332 e. The van der Waals surface area contributed by atoms with E-state index in [1.54, 1.807) is 10.8 Å². The van der Waals surface area contributed by atoms with Gasteiger partial charge in [-0.15, -0.1) is 11.6 Å². The minimum absolute atomic E-state index is 0.123. The van der Waals surface area contributed by atoms with Crippen molar-refractivity contribution < 1.29 is 13.2 Å². The van der Waals surface area contributed by atoms with Gasteiger partial charge in [-0.05, 0) is 6.92 Å². The lowest BCUT2D eigenvalue weighted by molar-refractivity contribution is -0.119. The van der Waals surface area contributed by atoms with E-state index in [2.05, 4.69) is 4.98 Å². The van der Waals surface area contributed by atoms with Crippen LogP contribution in [0.15, 0.2) is 12.4 Å². The molecule has 0 aliphatic heterocycles. The highest BCUT2D eigenvalue weighted by atomic mass is 35.5. The van der Waals surface area contributed by atoms with Crippen molar-refractivity contribution in [2.75, 3.05) is 23.9 Å². The molecule has 1 aromatic rings. The number of halogens is 4. The Morgan fingerprint density at radius 3 is 2.69 bits per heavy atom. The summed E-state index contributed by atoms with van der Waals surface area (Å²) >= 11 is 5.49. The fourth-order valence-corrected chi connectivity index (χ4v) is 1.60. The fourth-order valence-electron chi connectivity index (χ4n) is 1.40. The van der Waals surface area contributed by atoms with Gasteiger partial charge in [0.15, 0.2) is 0 Å². The predicted molar refractivity (Wildman–Crippen MR) is 56.9 cm³/mol. The normalized spacial score (nSPS) is 11.8. The molecule has 16 heavy (non-hydrogen) atoms. The first kappa shape index (κ1) is 13.2. The highest BCUT2D eigenvalue weighted by molar-refractivity contribution is 6.18. The van der Waals surface area contributed by atoms with Crippen LogP contribution < -0.4 is 4.90 Å². The number of aromatic nitrogens is 2. The maximum Gasteiger partial charge on any atom is 0.406 e. The summed E-state index contributed by atoms with van der Waals surface area (Å²) in [6.07, 6.45) is -1.13. The highest BCUT2D eigenvalue weighted by Gasteiger charge is 2.32. The zero-order valence-electron chi connectivity index (χ0n) is 8.84. The van der Waals surface area contributed by atoms with Gasteiger partial charge in [-0.3, -0.25) is 0 Å². The third-order valence-electron chi connectivity index (χ3n) is 2.04. The number of nitrogens with zero attached hydrogens (tertiary/aromatic N) is 3. The van der Waals surface area contributed by atoms with Gasteiger partial charge in [0.25, 0.3) is 0 Å². The van der Waals surface area contributed by atoms with Gasteiger partial charge in [-0.25, -0.2) is 4.98 Å². The number of anilines is 1. The van der Waals surface area contributed by atoms with Gasteiger partial charge in [-0.2, -0.15) is 13.2 Å². The molecule has 0 aliphatic rings. The number of aryl methyl sites for hydroxylation is 1. The Bertz CT molecular complexity index is 324. The van der Waals surface area contributed by atoms with E-state index in [-0.39, 0.29) is 12.4 Å². The van der Waals surface area contributed by atoms with E-state index in [1.807, 2.05) is 6.92 Å². The van der Waals surface area contributed by atoms with Crippen molar-refractivity contribution in [2.45, 2.75) is 19.6 Å². The van der Waals surface area contributed by atoms with Crippen molar-refractivity contribution in [3.05, 3.63) is 12.4 Å². The largest absolute Gasteiger partial charge is 0.406 e. The van der Waals surface area contributed by atoms with E-state index < -0.39 is 12.7 Å². The number of hydrogen-bond donors (Lipinski definition) is 0. The van der Waals surface area contributed by atoms with Gasteiger partial charge in [0, 0.05) is 31.4 Å². The zero-order valence-corrected chi connectivity index (χ0v) is 9.59. The molecule has 1 rings (SSSR count). The molecular weight excluding hydrogens is 243 g/mol. The zero-order chi connectivity index (χ0) is 12.2. The summed E-state index contributed by atoms with van der Waals surface area (Å²) in [4.78, 5) is 5.06. The number of rotatable bonds is 5. The van der Waals surface area contributed by atoms with Crippen LogP contribution in [0, 0.1) is 0 Å².